The lowest BCUT2D eigenvalue weighted by atomic mass is 10.1. The highest BCUT2D eigenvalue weighted by atomic mass is 16.6. The lowest BCUT2D eigenvalue weighted by Gasteiger charge is -2.19. The van der Waals surface area contributed by atoms with Crippen LogP contribution in [-0.4, -0.2) is 31.1 Å². The van der Waals surface area contributed by atoms with Gasteiger partial charge in [0.05, 0.1) is 12.8 Å². The minimum absolute atomic E-state index is 0.224. The number of hydrogen-bond donors (Lipinski definition) is 3. The highest BCUT2D eigenvalue weighted by molar-refractivity contribution is 5.96. The summed E-state index contributed by atoms with van der Waals surface area (Å²) in [6.07, 6.45) is 4.68. The van der Waals surface area contributed by atoms with E-state index in [1.807, 2.05) is 32.9 Å². The summed E-state index contributed by atoms with van der Waals surface area (Å²) in [4.78, 5) is 22.8. The Morgan fingerprint density at radius 1 is 1.24 bits per heavy atom. The SMILES string of the molecule is COc1cc(C(N)=O)cc(N)c1NC/C=C/CCC(=O)OC(C)(C)C. The fraction of sp³-hybridized carbons (Fsp3) is 0.444. The minimum Gasteiger partial charge on any atom is -0.494 e. The number of anilines is 2. The van der Waals surface area contributed by atoms with Crippen LogP contribution in [0.25, 0.3) is 0 Å². The van der Waals surface area contributed by atoms with Gasteiger partial charge in [-0.3, -0.25) is 9.59 Å². The van der Waals surface area contributed by atoms with Gasteiger partial charge >= 0.3 is 5.97 Å². The van der Waals surface area contributed by atoms with E-state index in [-0.39, 0.29) is 11.5 Å². The molecule has 0 saturated heterocycles. The molecule has 1 aromatic carbocycles. The first-order valence-corrected chi connectivity index (χ1v) is 8.02. The van der Waals surface area contributed by atoms with Crippen molar-refractivity contribution in [2.24, 2.45) is 5.73 Å². The molecule has 0 fully saturated rings. The third-order valence-electron chi connectivity index (χ3n) is 3.14. The van der Waals surface area contributed by atoms with Crippen molar-refractivity contribution < 1.29 is 19.1 Å². The van der Waals surface area contributed by atoms with E-state index < -0.39 is 11.5 Å². The Morgan fingerprint density at radius 2 is 1.92 bits per heavy atom. The van der Waals surface area contributed by atoms with Crippen molar-refractivity contribution in [1.29, 1.82) is 0 Å². The largest absolute Gasteiger partial charge is 0.494 e. The fourth-order valence-corrected chi connectivity index (χ4v) is 2.09. The molecule has 1 rings (SSSR count). The van der Waals surface area contributed by atoms with Crippen LogP contribution in [0.15, 0.2) is 24.3 Å². The number of esters is 1. The van der Waals surface area contributed by atoms with E-state index in [0.29, 0.717) is 36.5 Å². The van der Waals surface area contributed by atoms with Crippen molar-refractivity contribution in [3.05, 3.63) is 29.8 Å². The van der Waals surface area contributed by atoms with Crippen LogP contribution in [0.5, 0.6) is 5.75 Å². The first-order chi connectivity index (χ1) is 11.6. The van der Waals surface area contributed by atoms with E-state index in [1.54, 1.807) is 0 Å². The van der Waals surface area contributed by atoms with Gasteiger partial charge < -0.3 is 26.3 Å². The number of allylic oxidation sites excluding steroid dienone is 1. The van der Waals surface area contributed by atoms with Crippen LogP contribution in [0.3, 0.4) is 0 Å². The zero-order valence-electron chi connectivity index (χ0n) is 15.2. The molecule has 0 saturated carbocycles. The Balaban J connectivity index is 2.53. The number of methoxy groups -OCH3 is 1. The Hall–Kier alpha value is -2.70. The van der Waals surface area contributed by atoms with Gasteiger partial charge in [0.15, 0.2) is 0 Å². The summed E-state index contributed by atoms with van der Waals surface area (Å²) in [7, 11) is 1.49. The summed E-state index contributed by atoms with van der Waals surface area (Å²) in [6.45, 7) is 6.01. The molecule has 7 nitrogen and oxygen atoms in total. The van der Waals surface area contributed by atoms with Gasteiger partial charge in [0.2, 0.25) is 5.91 Å². The van der Waals surface area contributed by atoms with E-state index in [2.05, 4.69) is 5.32 Å². The molecule has 1 aromatic rings. The summed E-state index contributed by atoms with van der Waals surface area (Å²) in [5.41, 5.74) is 12.0. The van der Waals surface area contributed by atoms with E-state index in [1.165, 1.54) is 19.2 Å². The molecule has 0 bridgehead atoms. The van der Waals surface area contributed by atoms with Crippen molar-refractivity contribution in [2.75, 3.05) is 24.7 Å². The molecular weight excluding hydrogens is 322 g/mol. The highest BCUT2D eigenvalue weighted by Crippen LogP contribution is 2.32. The Labute approximate surface area is 148 Å². The maximum atomic E-state index is 11.6. The average Bonchev–Trinajstić information content (AvgIpc) is 2.49. The van der Waals surface area contributed by atoms with Crippen LogP contribution in [0.2, 0.25) is 0 Å². The second-order valence-corrected chi connectivity index (χ2v) is 6.48. The summed E-state index contributed by atoms with van der Waals surface area (Å²) >= 11 is 0. The molecule has 0 heterocycles. The number of primary amides is 1. The van der Waals surface area contributed by atoms with Gasteiger partial charge in [-0.15, -0.1) is 0 Å². The molecule has 0 spiro atoms. The van der Waals surface area contributed by atoms with Crippen molar-refractivity contribution in [1.82, 2.24) is 0 Å². The Bertz CT molecular complexity index is 648. The zero-order valence-corrected chi connectivity index (χ0v) is 15.2. The van der Waals surface area contributed by atoms with E-state index >= 15 is 0 Å². The first kappa shape index (κ1) is 20.3. The number of hydrogen-bond acceptors (Lipinski definition) is 6. The van der Waals surface area contributed by atoms with Crippen molar-refractivity contribution in [2.45, 2.75) is 39.2 Å². The normalized spacial score (nSPS) is 11.4. The number of ether oxygens (including phenoxy) is 2. The zero-order chi connectivity index (χ0) is 19.0. The molecule has 0 atom stereocenters. The average molecular weight is 349 g/mol. The molecule has 25 heavy (non-hydrogen) atoms. The maximum Gasteiger partial charge on any atom is 0.306 e. The van der Waals surface area contributed by atoms with Gasteiger partial charge in [-0.1, -0.05) is 12.2 Å². The van der Waals surface area contributed by atoms with Crippen LogP contribution < -0.4 is 21.5 Å². The van der Waals surface area contributed by atoms with Gasteiger partial charge in [-0.2, -0.15) is 0 Å². The number of nitrogens with one attached hydrogen (secondary N) is 1. The standard InChI is InChI=1S/C18H27N3O4/c1-18(2,3)25-15(22)8-6-5-7-9-21-16-13(19)10-12(17(20)23)11-14(16)24-4/h5,7,10-11,21H,6,8-9,19H2,1-4H3,(H2,20,23)/b7-5+. The summed E-state index contributed by atoms with van der Waals surface area (Å²) < 4.78 is 10.5. The minimum atomic E-state index is -0.571. The number of rotatable bonds is 8. The van der Waals surface area contributed by atoms with Crippen LogP contribution in [0.1, 0.15) is 44.0 Å². The number of carbonyl (C=O) groups is 2. The number of carbonyl (C=O) groups excluding carboxylic acids is 2. The van der Waals surface area contributed by atoms with E-state index in [0.717, 1.165) is 0 Å². The lowest BCUT2D eigenvalue weighted by molar-refractivity contribution is -0.154. The number of amides is 1. The van der Waals surface area contributed by atoms with Gasteiger partial charge in [0, 0.05) is 18.5 Å². The number of nitrogens with two attached hydrogens (primary N) is 2. The molecule has 0 radical (unpaired) electrons. The van der Waals surface area contributed by atoms with E-state index in [4.69, 9.17) is 20.9 Å². The van der Waals surface area contributed by atoms with Crippen LogP contribution in [-0.2, 0) is 9.53 Å². The molecule has 0 aliphatic rings. The smallest absolute Gasteiger partial charge is 0.306 e. The molecule has 5 N–H and O–H groups in total. The number of nitrogen functional groups attached to an aromatic ring is 1. The van der Waals surface area contributed by atoms with Gasteiger partial charge in [-0.05, 0) is 39.3 Å². The van der Waals surface area contributed by atoms with Gasteiger partial charge in [-0.25, -0.2) is 0 Å². The Kier molecular flexibility index (Phi) is 7.29. The molecule has 0 aliphatic carbocycles. The third-order valence-corrected chi connectivity index (χ3v) is 3.14. The molecular formula is C18H27N3O4. The Morgan fingerprint density at radius 3 is 2.48 bits per heavy atom. The van der Waals surface area contributed by atoms with Gasteiger partial charge in [0.1, 0.15) is 17.0 Å². The molecule has 0 aromatic heterocycles. The predicted molar refractivity (Wildman–Crippen MR) is 98.6 cm³/mol. The maximum absolute atomic E-state index is 11.6. The molecule has 0 aliphatic heterocycles. The summed E-state index contributed by atoms with van der Waals surface area (Å²) in [5, 5.41) is 3.12. The highest BCUT2D eigenvalue weighted by Gasteiger charge is 2.15. The number of benzene rings is 1. The lowest BCUT2D eigenvalue weighted by Crippen LogP contribution is -2.23. The molecule has 138 valence electrons. The summed E-state index contributed by atoms with van der Waals surface area (Å²) in [6, 6.07) is 3.03. The molecule has 7 heteroatoms. The molecule has 0 unspecified atom stereocenters. The van der Waals surface area contributed by atoms with Crippen molar-refractivity contribution in [3.8, 4) is 5.75 Å². The van der Waals surface area contributed by atoms with Crippen LogP contribution in [0.4, 0.5) is 11.4 Å². The first-order valence-electron chi connectivity index (χ1n) is 8.02. The van der Waals surface area contributed by atoms with Crippen molar-refractivity contribution in [3.63, 3.8) is 0 Å². The monoisotopic (exact) mass is 349 g/mol. The quantitative estimate of drug-likeness (QED) is 0.377. The van der Waals surface area contributed by atoms with Gasteiger partial charge in [0.25, 0.3) is 0 Å². The van der Waals surface area contributed by atoms with Crippen molar-refractivity contribution >= 4 is 23.3 Å². The van der Waals surface area contributed by atoms with Crippen LogP contribution >= 0.6 is 0 Å². The molecule has 1 amide bonds. The van der Waals surface area contributed by atoms with E-state index in [9.17, 15) is 9.59 Å². The summed E-state index contributed by atoms with van der Waals surface area (Å²) in [5.74, 6) is -0.354. The van der Waals surface area contributed by atoms with Crippen LogP contribution in [0, 0.1) is 0 Å². The predicted octanol–water partition coefficient (Wildman–Crippen LogP) is 2.47. The second kappa shape index (κ2) is 8.96. The third kappa shape index (κ3) is 7.15. The fourth-order valence-electron chi connectivity index (χ4n) is 2.09. The second-order valence-electron chi connectivity index (χ2n) is 6.48. The topological polar surface area (TPSA) is 117 Å².